The Morgan fingerprint density at radius 1 is 1.26 bits per heavy atom. The maximum Gasteiger partial charge on any atom is 0.124 e. The minimum Gasteiger partial charge on any atom is -0.489 e. The number of hydrogen-bond acceptors (Lipinski definition) is 4. The van der Waals surface area contributed by atoms with Crippen molar-refractivity contribution in [1.82, 2.24) is 10.3 Å². The van der Waals surface area contributed by atoms with Crippen LogP contribution in [0, 0.1) is 11.3 Å². The second kappa shape index (κ2) is 9.83. The summed E-state index contributed by atoms with van der Waals surface area (Å²) in [6, 6.07) is 11.7. The average Bonchev–Trinajstić information content (AvgIpc) is 2.58. The molecular weight excluding hydrogens is 310 g/mol. The fraction of sp³-hybridized carbons (Fsp3) is 0.333. The Labute approximate surface area is 142 Å². The third-order valence-electron chi connectivity index (χ3n) is 3.35. The largest absolute Gasteiger partial charge is 0.489 e. The van der Waals surface area contributed by atoms with E-state index in [1.165, 1.54) is 0 Å². The van der Waals surface area contributed by atoms with E-state index in [-0.39, 0.29) is 0 Å². The molecule has 1 aromatic carbocycles. The summed E-state index contributed by atoms with van der Waals surface area (Å²) in [7, 11) is 0. The van der Waals surface area contributed by atoms with E-state index in [1.54, 1.807) is 12.4 Å². The zero-order chi connectivity index (χ0) is 16.3. The minimum atomic E-state index is 0.477. The van der Waals surface area contributed by atoms with Gasteiger partial charge in [-0.25, -0.2) is 0 Å². The lowest BCUT2D eigenvalue weighted by Crippen LogP contribution is -2.15. The van der Waals surface area contributed by atoms with Gasteiger partial charge >= 0.3 is 0 Å². The van der Waals surface area contributed by atoms with Crippen molar-refractivity contribution < 1.29 is 4.74 Å². The van der Waals surface area contributed by atoms with Gasteiger partial charge in [0, 0.05) is 41.5 Å². The van der Waals surface area contributed by atoms with Crippen LogP contribution in [0.25, 0.3) is 0 Å². The van der Waals surface area contributed by atoms with Gasteiger partial charge in [-0.1, -0.05) is 17.7 Å². The molecule has 0 aliphatic carbocycles. The number of nitrogens with zero attached hydrogens (tertiary/aromatic N) is 2. The van der Waals surface area contributed by atoms with E-state index < -0.39 is 0 Å². The Kier molecular flexibility index (Phi) is 7.38. The van der Waals surface area contributed by atoms with Crippen LogP contribution in [0.2, 0.25) is 5.02 Å². The maximum absolute atomic E-state index is 8.51. The summed E-state index contributed by atoms with van der Waals surface area (Å²) < 4.78 is 5.89. The van der Waals surface area contributed by atoms with E-state index in [1.807, 2.05) is 30.3 Å². The number of aromatic nitrogens is 1. The van der Waals surface area contributed by atoms with Crippen molar-refractivity contribution in [3.63, 3.8) is 0 Å². The number of nitriles is 1. The molecule has 0 radical (unpaired) electrons. The van der Waals surface area contributed by atoms with E-state index in [4.69, 9.17) is 21.6 Å². The predicted molar refractivity (Wildman–Crippen MR) is 91.2 cm³/mol. The minimum absolute atomic E-state index is 0.477. The second-order valence-corrected chi connectivity index (χ2v) is 5.63. The number of benzene rings is 1. The average molecular weight is 330 g/mol. The third kappa shape index (κ3) is 6.27. The quantitative estimate of drug-likeness (QED) is 0.704. The molecule has 1 N–H and O–H groups in total. The Balaban J connectivity index is 1.88. The van der Waals surface area contributed by atoms with Gasteiger partial charge in [0.25, 0.3) is 0 Å². The van der Waals surface area contributed by atoms with Crippen LogP contribution in [0.1, 0.15) is 30.4 Å². The van der Waals surface area contributed by atoms with Crippen molar-refractivity contribution in [2.75, 3.05) is 6.54 Å². The topological polar surface area (TPSA) is 57.9 Å². The van der Waals surface area contributed by atoms with Crippen LogP contribution in [-0.2, 0) is 13.2 Å². The highest BCUT2D eigenvalue weighted by molar-refractivity contribution is 6.30. The summed E-state index contributed by atoms with van der Waals surface area (Å²) in [6.07, 6.45) is 6.05. The normalized spacial score (nSPS) is 10.3. The molecule has 0 atom stereocenters. The monoisotopic (exact) mass is 329 g/mol. The molecule has 1 heterocycles. The van der Waals surface area contributed by atoms with Crippen LogP contribution in [-0.4, -0.2) is 11.5 Å². The number of unbranched alkanes of at least 4 members (excludes halogenated alkanes) is 2. The van der Waals surface area contributed by atoms with Crippen molar-refractivity contribution in [2.45, 2.75) is 32.4 Å². The molecule has 5 heteroatoms. The highest BCUT2D eigenvalue weighted by Gasteiger charge is 2.05. The van der Waals surface area contributed by atoms with E-state index >= 15 is 0 Å². The molecule has 0 bridgehead atoms. The van der Waals surface area contributed by atoms with Gasteiger partial charge in [0.05, 0.1) is 6.07 Å². The molecule has 0 unspecified atom stereocenters. The molecule has 120 valence electrons. The molecule has 4 nitrogen and oxygen atoms in total. The molecule has 0 amide bonds. The molecule has 2 rings (SSSR count). The van der Waals surface area contributed by atoms with Gasteiger partial charge in [-0.3, -0.25) is 4.98 Å². The van der Waals surface area contributed by atoms with Gasteiger partial charge < -0.3 is 10.1 Å². The SMILES string of the molecule is N#CCCCCNCc1cc(Cl)ccc1OCc1cccnc1. The summed E-state index contributed by atoms with van der Waals surface area (Å²) in [5.74, 6) is 0.822. The zero-order valence-corrected chi connectivity index (χ0v) is 13.7. The number of nitrogens with one attached hydrogen (secondary N) is 1. The van der Waals surface area contributed by atoms with E-state index in [0.29, 0.717) is 24.6 Å². The van der Waals surface area contributed by atoms with Crippen LogP contribution >= 0.6 is 11.6 Å². The molecule has 0 saturated carbocycles. The molecule has 0 fully saturated rings. The van der Waals surface area contributed by atoms with Gasteiger partial charge in [-0.05, 0) is 43.7 Å². The van der Waals surface area contributed by atoms with E-state index in [2.05, 4.69) is 16.4 Å². The highest BCUT2D eigenvalue weighted by atomic mass is 35.5. The van der Waals surface area contributed by atoms with Crippen LogP contribution in [0.4, 0.5) is 0 Å². The number of halogens is 1. The fourth-order valence-corrected chi connectivity index (χ4v) is 2.34. The highest BCUT2D eigenvalue weighted by Crippen LogP contribution is 2.23. The van der Waals surface area contributed by atoms with Crippen molar-refractivity contribution in [2.24, 2.45) is 0 Å². The fourth-order valence-electron chi connectivity index (χ4n) is 2.15. The lowest BCUT2D eigenvalue weighted by atomic mass is 10.2. The van der Waals surface area contributed by atoms with Gasteiger partial charge in [-0.2, -0.15) is 5.26 Å². The predicted octanol–water partition coefficient (Wildman–Crippen LogP) is 4.10. The number of ether oxygens (including phenoxy) is 1. The summed E-state index contributed by atoms with van der Waals surface area (Å²) >= 11 is 6.09. The molecule has 0 aliphatic heterocycles. The molecule has 1 aromatic heterocycles. The summed E-state index contributed by atoms with van der Waals surface area (Å²) in [6.45, 7) is 2.04. The summed E-state index contributed by atoms with van der Waals surface area (Å²) in [5.41, 5.74) is 2.06. The number of hydrogen-bond donors (Lipinski definition) is 1. The Hall–Kier alpha value is -2.09. The first-order valence-electron chi connectivity index (χ1n) is 7.67. The van der Waals surface area contributed by atoms with Crippen LogP contribution in [0.3, 0.4) is 0 Å². The van der Waals surface area contributed by atoms with Gasteiger partial charge in [0.15, 0.2) is 0 Å². The Morgan fingerprint density at radius 3 is 2.96 bits per heavy atom. The Bertz CT molecular complexity index is 640. The van der Waals surface area contributed by atoms with E-state index in [0.717, 1.165) is 36.3 Å². The van der Waals surface area contributed by atoms with Gasteiger partial charge in [0.2, 0.25) is 0 Å². The Morgan fingerprint density at radius 2 is 2.17 bits per heavy atom. The van der Waals surface area contributed by atoms with Crippen LogP contribution in [0.5, 0.6) is 5.75 Å². The first-order valence-corrected chi connectivity index (χ1v) is 8.05. The molecule has 2 aromatic rings. The first-order chi connectivity index (χ1) is 11.3. The molecule has 0 saturated heterocycles. The van der Waals surface area contributed by atoms with Gasteiger partial charge in [0.1, 0.15) is 12.4 Å². The second-order valence-electron chi connectivity index (χ2n) is 5.19. The molecular formula is C18H20ClN3O. The summed E-state index contributed by atoms with van der Waals surface area (Å²) in [4.78, 5) is 4.08. The van der Waals surface area contributed by atoms with Crippen molar-refractivity contribution >= 4 is 11.6 Å². The zero-order valence-electron chi connectivity index (χ0n) is 13.0. The lowest BCUT2D eigenvalue weighted by molar-refractivity contribution is 0.301. The number of rotatable bonds is 9. The maximum atomic E-state index is 8.51. The molecule has 0 spiro atoms. The van der Waals surface area contributed by atoms with Crippen molar-refractivity contribution in [3.8, 4) is 11.8 Å². The van der Waals surface area contributed by atoms with Gasteiger partial charge in [-0.15, -0.1) is 0 Å². The molecule has 0 aliphatic rings. The molecule has 23 heavy (non-hydrogen) atoms. The van der Waals surface area contributed by atoms with Crippen LogP contribution < -0.4 is 10.1 Å². The number of pyridine rings is 1. The van der Waals surface area contributed by atoms with E-state index in [9.17, 15) is 0 Å². The van der Waals surface area contributed by atoms with Crippen molar-refractivity contribution in [3.05, 3.63) is 58.9 Å². The third-order valence-corrected chi connectivity index (χ3v) is 3.58. The standard InChI is InChI=1S/C18H20ClN3O/c19-17-6-7-18(23-14-15-5-4-10-21-12-15)16(11-17)13-22-9-3-1-2-8-20/h4-7,10-12,22H,1-3,9,13-14H2. The first kappa shape index (κ1) is 17.3. The van der Waals surface area contributed by atoms with Crippen molar-refractivity contribution in [1.29, 1.82) is 5.26 Å². The van der Waals surface area contributed by atoms with Crippen LogP contribution in [0.15, 0.2) is 42.7 Å². The summed E-state index contributed by atoms with van der Waals surface area (Å²) in [5, 5.41) is 12.6. The smallest absolute Gasteiger partial charge is 0.124 e. The lowest BCUT2D eigenvalue weighted by Gasteiger charge is -2.13.